The van der Waals surface area contributed by atoms with Gasteiger partial charge in [-0.15, -0.1) is 0 Å². The van der Waals surface area contributed by atoms with Crippen molar-refractivity contribution in [3.05, 3.63) is 0 Å². The molecule has 0 aromatic carbocycles. The SMILES string of the molecule is O=C(O)CCF.[InH3]. The first-order valence-electron chi connectivity index (χ1n) is 1.55. The van der Waals surface area contributed by atoms with E-state index in [4.69, 9.17) is 5.11 Å². The van der Waals surface area contributed by atoms with Gasteiger partial charge in [-0.05, 0) is 0 Å². The molecular formula is C3H8FInO2. The van der Waals surface area contributed by atoms with Crippen molar-refractivity contribution in [1.82, 2.24) is 0 Å². The van der Waals surface area contributed by atoms with E-state index in [0.29, 0.717) is 0 Å². The number of hydrogen-bond acceptors (Lipinski definition) is 1. The first-order chi connectivity index (χ1) is 2.77. The molecule has 4 heteroatoms. The summed E-state index contributed by atoms with van der Waals surface area (Å²) in [5, 5.41) is 7.67. The predicted octanol–water partition coefficient (Wildman–Crippen LogP) is -0.753. The number of rotatable bonds is 2. The second-order valence-corrected chi connectivity index (χ2v) is 0.833. The molecule has 0 aliphatic rings. The van der Waals surface area contributed by atoms with Crippen LogP contribution in [0.4, 0.5) is 4.39 Å². The molecule has 0 saturated carbocycles. The van der Waals surface area contributed by atoms with Crippen LogP contribution in [0, 0.1) is 0 Å². The molecule has 0 aliphatic heterocycles. The molecule has 0 heterocycles. The number of carboxylic acids is 1. The topological polar surface area (TPSA) is 37.3 Å². The van der Waals surface area contributed by atoms with E-state index in [0.717, 1.165) is 0 Å². The molecule has 0 spiro atoms. The Kier molecular flexibility index (Phi) is 9.22. The van der Waals surface area contributed by atoms with E-state index in [-0.39, 0.29) is 32.3 Å². The third-order valence-electron chi connectivity index (χ3n) is 0.308. The summed E-state index contributed by atoms with van der Waals surface area (Å²) in [6.07, 6.45) is -0.375. The molecule has 0 aliphatic carbocycles. The Balaban J connectivity index is 0. The van der Waals surface area contributed by atoms with Crippen molar-refractivity contribution in [3.8, 4) is 0 Å². The van der Waals surface area contributed by atoms with Crippen molar-refractivity contribution < 1.29 is 14.3 Å². The van der Waals surface area contributed by atoms with Crippen molar-refractivity contribution in [2.75, 3.05) is 6.67 Å². The average molecular weight is 210 g/mol. The second kappa shape index (κ2) is 6.27. The zero-order chi connectivity index (χ0) is 4.99. The van der Waals surface area contributed by atoms with Gasteiger partial charge in [0.25, 0.3) is 0 Å². The Morgan fingerprint density at radius 2 is 2.14 bits per heavy atom. The molecule has 0 radical (unpaired) electrons. The van der Waals surface area contributed by atoms with Crippen molar-refractivity contribution in [1.29, 1.82) is 0 Å². The van der Waals surface area contributed by atoms with E-state index in [1.807, 2.05) is 0 Å². The first kappa shape index (κ1) is 10.3. The molecular weight excluding hydrogens is 202 g/mol. The molecule has 0 amide bonds. The summed E-state index contributed by atoms with van der Waals surface area (Å²) in [7, 11) is 0. The Hall–Kier alpha value is 0.270. The number of carbonyl (C=O) groups is 1. The van der Waals surface area contributed by atoms with Gasteiger partial charge in [0.2, 0.25) is 0 Å². The van der Waals surface area contributed by atoms with Gasteiger partial charge in [-0.2, -0.15) is 0 Å². The van der Waals surface area contributed by atoms with E-state index < -0.39 is 12.6 Å². The van der Waals surface area contributed by atoms with Crippen LogP contribution in [0.2, 0.25) is 0 Å². The molecule has 0 fully saturated rings. The predicted molar refractivity (Wildman–Crippen MR) is 28.2 cm³/mol. The molecule has 0 rings (SSSR count). The van der Waals surface area contributed by atoms with Crippen LogP contribution >= 0.6 is 0 Å². The van der Waals surface area contributed by atoms with Gasteiger partial charge < -0.3 is 5.11 Å². The van der Waals surface area contributed by atoms with E-state index in [9.17, 15) is 9.18 Å². The molecule has 2 nitrogen and oxygen atoms in total. The number of alkyl halides is 1. The van der Waals surface area contributed by atoms with Crippen LogP contribution in [-0.2, 0) is 4.79 Å². The maximum atomic E-state index is 10.9. The summed E-state index contributed by atoms with van der Waals surface area (Å²) >= 11 is 0. The zero-order valence-electron chi connectivity index (χ0n) is 3.15. The van der Waals surface area contributed by atoms with Crippen LogP contribution < -0.4 is 0 Å². The van der Waals surface area contributed by atoms with Gasteiger partial charge in [0.15, 0.2) is 0 Å². The minimum absolute atomic E-state index is 0. The molecule has 0 bridgehead atoms. The molecule has 1 N–H and O–H groups in total. The summed E-state index contributed by atoms with van der Waals surface area (Å²) < 4.78 is 10.9. The average Bonchev–Trinajstić information content (AvgIpc) is 1.35. The zero-order valence-corrected chi connectivity index (χ0v) is 3.15. The fourth-order valence-electron chi connectivity index (χ4n) is 0.0808. The van der Waals surface area contributed by atoms with Crippen LogP contribution in [0.15, 0.2) is 0 Å². The van der Waals surface area contributed by atoms with Gasteiger partial charge in [-0.25, -0.2) is 0 Å². The maximum absolute atomic E-state index is 10.9. The molecule has 0 aromatic rings. The van der Waals surface area contributed by atoms with Gasteiger partial charge in [0.1, 0.15) is 0 Å². The van der Waals surface area contributed by atoms with Crippen LogP contribution in [0.25, 0.3) is 0 Å². The molecule has 0 aromatic heterocycles. The summed E-state index contributed by atoms with van der Waals surface area (Å²) in [5.74, 6) is -1.09. The Labute approximate surface area is 59.5 Å². The van der Waals surface area contributed by atoms with Gasteiger partial charge >= 0.3 is 31.8 Å². The Bertz CT molecular complexity index is 56.9. The third kappa shape index (κ3) is 10.7. The molecule has 0 atom stereocenters. The fraction of sp³-hybridized carbons (Fsp3) is 0.667. The van der Waals surface area contributed by atoms with Crippen LogP contribution in [-0.4, -0.2) is 43.6 Å². The summed E-state index contributed by atoms with van der Waals surface area (Å²) in [6, 6.07) is 0. The molecule has 0 unspecified atom stereocenters. The Morgan fingerprint density at radius 3 is 2.14 bits per heavy atom. The van der Waals surface area contributed by atoms with E-state index in [1.165, 1.54) is 0 Å². The van der Waals surface area contributed by atoms with Crippen LogP contribution in [0.5, 0.6) is 0 Å². The van der Waals surface area contributed by atoms with Gasteiger partial charge in [0, 0.05) is 0 Å². The minimum atomic E-state index is -1.09. The third-order valence-corrected chi connectivity index (χ3v) is 0.308. The van der Waals surface area contributed by atoms with Crippen molar-refractivity contribution in [2.45, 2.75) is 6.42 Å². The van der Waals surface area contributed by atoms with Gasteiger partial charge in [-0.3, -0.25) is 9.18 Å². The molecule has 42 valence electrons. The molecule has 0 saturated heterocycles. The monoisotopic (exact) mass is 210 g/mol. The quantitative estimate of drug-likeness (QED) is 0.650. The van der Waals surface area contributed by atoms with Crippen molar-refractivity contribution >= 4 is 31.8 Å². The number of hydrogen-bond donors (Lipinski definition) is 1. The normalized spacial score (nSPS) is 7.00. The van der Waals surface area contributed by atoms with E-state index >= 15 is 0 Å². The van der Waals surface area contributed by atoms with Crippen LogP contribution in [0.1, 0.15) is 6.42 Å². The van der Waals surface area contributed by atoms with E-state index in [1.54, 1.807) is 0 Å². The summed E-state index contributed by atoms with van der Waals surface area (Å²) in [6.45, 7) is -0.769. The fourth-order valence-corrected chi connectivity index (χ4v) is 0.0808. The van der Waals surface area contributed by atoms with Crippen molar-refractivity contribution in [3.63, 3.8) is 0 Å². The number of carboxylic acid groups (broad SMARTS) is 1. The van der Waals surface area contributed by atoms with E-state index in [2.05, 4.69) is 0 Å². The second-order valence-electron chi connectivity index (χ2n) is 0.833. The standard InChI is InChI=1S/C3H5FO2.In.3H/c4-2-1-3(5)6;;;;/h1-2H2,(H,5,6);;;;. The Morgan fingerprint density at radius 1 is 1.71 bits per heavy atom. The van der Waals surface area contributed by atoms with Gasteiger partial charge in [0.05, 0.1) is 13.1 Å². The summed E-state index contributed by atoms with van der Waals surface area (Å²) in [5.41, 5.74) is 0. The number of aliphatic carboxylic acids is 1. The van der Waals surface area contributed by atoms with Crippen molar-refractivity contribution in [2.24, 2.45) is 0 Å². The summed E-state index contributed by atoms with van der Waals surface area (Å²) in [4.78, 5) is 9.36. The first-order valence-corrected chi connectivity index (χ1v) is 1.55. The number of halogens is 1. The van der Waals surface area contributed by atoms with Gasteiger partial charge in [-0.1, -0.05) is 0 Å². The van der Waals surface area contributed by atoms with Crippen LogP contribution in [0.3, 0.4) is 0 Å². The molecule has 7 heavy (non-hydrogen) atoms.